The Morgan fingerprint density at radius 2 is 2.00 bits per heavy atom. The SMILES string of the molecule is CC1CC(CN)CN1C(=O)c1ccc(OCC(N)=O)cc1. The monoisotopic (exact) mass is 291 g/mol. The van der Waals surface area contributed by atoms with E-state index in [0.717, 1.165) is 6.42 Å². The first-order chi connectivity index (χ1) is 10.0. The van der Waals surface area contributed by atoms with Gasteiger partial charge >= 0.3 is 0 Å². The second-order valence-electron chi connectivity index (χ2n) is 5.42. The second-order valence-corrected chi connectivity index (χ2v) is 5.42. The van der Waals surface area contributed by atoms with Crippen molar-refractivity contribution in [1.29, 1.82) is 0 Å². The van der Waals surface area contributed by atoms with Crippen LogP contribution in [0.25, 0.3) is 0 Å². The quantitative estimate of drug-likeness (QED) is 0.818. The number of hydrogen-bond acceptors (Lipinski definition) is 4. The summed E-state index contributed by atoms with van der Waals surface area (Å²) in [7, 11) is 0. The molecule has 21 heavy (non-hydrogen) atoms. The minimum atomic E-state index is -0.533. The van der Waals surface area contributed by atoms with Crippen molar-refractivity contribution in [2.24, 2.45) is 17.4 Å². The van der Waals surface area contributed by atoms with Crippen LogP contribution in [0.1, 0.15) is 23.7 Å². The number of ether oxygens (including phenoxy) is 1. The molecular formula is C15H21N3O3. The Balaban J connectivity index is 2.01. The molecule has 1 aliphatic heterocycles. The maximum Gasteiger partial charge on any atom is 0.255 e. The zero-order valence-corrected chi connectivity index (χ0v) is 12.1. The van der Waals surface area contributed by atoms with Crippen molar-refractivity contribution in [3.8, 4) is 5.75 Å². The van der Waals surface area contributed by atoms with Crippen LogP contribution in [0.15, 0.2) is 24.3 Å². The van der Waals surface area contributed by atoms with Crippen molar-refractivity contribution in [3.63, 3.8) is 0 Å². The number of nitrogens with two attached hydrogens (primary N) is 2. The van der Waals surface area contributed by atoms with Crippen LogP contribution in [0.4, 0.5) is 0 Å². The Morgan fingerprint density at radius 1 is 1.33 bits per heavy atom. The molecule has 1 saturated heterocycles. The molecule has 1 aromatic rings. The Kier molecular flexibility index (Phi) is 4.80. The number of likely N-dealkylation sites (tertiary alicyclic amines) is 1. The standard InChI is InChI=1S/C15H21N3O3/c1-10-6-11(7-16)8-18(10)15(20)12-2-4-13(5-3-12)21-9-14(17)19/h2-5,10-11H,6-9,16H2,1H3,(H2,17,19). The fourth-order valence-electron chi connectivity index (χ4n) is 2.61. The second kappa shape index (κ2) is 6.58. The van der Waals surface area contributed by atoms with E-state index in [0.29, 0.717) is 30.3 Å². The first kappa shape index (κ1) is 15.3. The lowest BCUT2D eigenvalue weighted by atomic mass is 10.1. The zero-order chi connectivity index (χ0) is 15.4. The number of nitrogens with zero attached hydrogens (tertiary/aromatic N) is 1. The lowest BCUT2D eigenvalue weighted by Crippen LogP contribution is -2.34. The van der Waals surface area contributed by atoms with Crippen LogP contribution in [0.5, 0.6) is 5.75 Å². The predicted octanol–water partition coefficient (Wildman–Crippen LogP) is 0.360. The molecule has 2 unspecified atom stereocenters. The first-order valence-electron chi connectivity index (χ1n) is 7.03. The van der Waals surface area contributed by atoms with Gasteiger partial charge in [-0.3, -0.25) is 9.59 Å². The van der Waals surface area contributed by atoms with E-state index in [2.05, 4.69) is 0 Å². The third kappa shape index (κ3) is 3.72. The Hall–Kier alpha value is -2.08. The predicted molar refractivity (Wildman–Crippen MR) is 78.8 cm³/mol. The Morgan fingerprint density at radius 3 is 2.52 bits per heavy atom. The normalized spacial score (nSPS) is 21.3. The van der Waals surface area contributed by atoms with Crippen LogP contribution in [0.2, 0.25) is 0 Å². The maximum atomic E-state index is 12.5. The van der Waals surface area contributed by atoms with E-state index < -0.39 is 5.91 Å². The van der Waals surface area contributed by atoms with Gasteiger partial charge in [-0.1, -0.05) is 0 Å². The van der Waals surface area contributed by atoms with E-state index in [1.807, 2.05) is 11.8 Å². The van der Waals surface area contributed by atoms with Gasteiger partial charge in [-0.2, -0.15) is 0 Å². The molecule has 0 aliphatic carbocycles. The third-order valence-corrected chi connectivity index (χ3v) is 3.74. The molecule has 2 rings (SSSR count). The van der Waals surface area contributed by atoms with E-state index in [1.165, 1.54) is 0 Å². The van der Waals surface area contributed by atoms with Crippen molar-refractivity contribution in [2.45, 2.75) is 19.4 Å². The summed E-state index contributed by atoms with van der Waals surface area (Å²) in [6.45, 7) is 3.18. The first-order valence-corrected chi connectivity index (χ1v) is 7.03. The maximum absolute atomic E-state index is 12.5. The highest BCUT2D eigenvalue weighted by molar-refractivity contribution is 5.94. The molecule has 0 spiro atoms. The largest absolute Gasteiger partial charge is 0.484 e. The molecule has 0 saturated carbocycles. The van der Waals surface area contributed by atoms with E-state index in [1.54, 1.807) is 24.3 Å². The Labute approximate surface area is 124 Å². The molecule has 4 N–H and O–H groups in total. The van der Waals surface area contributed by atoms with E-state index in [-0.39, 0.29) is 18.6 Å². The van der Waals surface area contributed by atoms with Crippen molar-refractivity contribution < 1.29 is 14.3 Å². The topological polar surface area (TPSA) is 98.7 Å². The molecule has 114 valence electrons. The summed E-state index contributed by atoms with van der Waals surface area (Å²) in [5.41, 5.74) is 11.3. The van der Waals surface area contributed by atoms with Gasteiger partial charge in [-0.05, 0) is 50.1 Å². The summed E-state index contributed by atoms with van der Waals surface area (Å²) in [5, 5.41) is 0. The summed E-state index contributed by atoms with van der Waals surface area (Å²) in [6, 6.07) is 6.92. The molecule has 0 radical (unpaired) electrons. The van der Waals surface area contributed by atoms with Gasteiger partial charge in [0.1, 0.15) is 5.75 Å². The van der Waals surface area contributed by atoms with Gasteiger partial charge in [0.05, 0.1) is 0 Å². The molecule has 6 nitrogen and oxygen atoms in total. The van der Waals surface area contributed by atoms with Crippen molar-refractivity contribution >= 4 is 11.8 Å². The average Bonchev–Trinajstić information content (AvgIpc) is 2.86. The molecular weight excluding hydrogens is 270 g/mol. The van der Waals surface area contributed by atoms with E-state index >= 15 is 0 Å². The fraction of sp³-hybridized carbons (Fsp3) is 0.467. The highest BCUT2D eigenvalue weighted by Gasteiger charge is 2.31. The number of amides is 2. The fourth-order valence-corrected chi connectivity index (χ4v) is 2.61. The lowest BCUT2D eigenvalue weighted by Gasteiger charge is -2.21. The molecule has 6 heteroatoms. The van der Waals surface area contributed by atoms with Gasteiger partial charge in [-0.15, -0.1) is 0 Å². The zero-order valence-electron chi connectivity index (χ0n) is 12.1. The van der Waals surface area contributed by atoms with Crippen LogP contribution in [-0.2, 0) is 4.79 Å². The molecule has 0 bridgehead atoms. The Bertz CT molecular complexity index is 515. The molecule has 1 heterocycles. The van der Waals surface area contributed by atoms with Crippen LogP contribution >= 0.6 is 0 Å². The summed E-state index contributed by atoms with van der Waals surface area (Å²) in [4.78, 5) is 25.0. The molecule has 2 amide bonds. The summed E-state index contributed by atoms with van der Waals surface area (Å²) in [5.74, 6) is 0.357. The van der Waals surface area contributed by atoms with Gasteiger partial charge in [0, 0.05) is 18.2 Å². The minimum Gasteiger partial charge on any atom is -0.484 e. The lowest BCUT2D eigenvalue weighted by molar-refractivity contribution is -0.119. The summed E-state index contributed by atoms with van der Waals surface area (Å²) < 4.78 is 5.17. The highest BCUT2D eigenvalue weighted by Crippen LogP contribution is 2.24. The number of carbonyl (C=O) groups excluding carboxylic acids is 2. The highest BCUT2D eigenvalue weighted by atomic mass is 16.5. The van der Waals surface area contributed by atoms with Gasteiger partial charge in [-0.25, -0.2) is 0 Å². The van der Waals surface area contributed by atoms with Gasteiger partial charge < -0.3 is 21.1 Å². The van der Waals surface area contributed by atoms with Gasteiger partial charge in [0.25, 0.3) is 11.8 Å². The third-order valence-electron chi connectivity index (χ3n) is 3.74. The summed E-state index contributed by atoms with van der Waals surface area (Å²) >= 11 is 0. The van der Waals surface area contributed by atoms with Gasteiger partial charge in [0.15, 0.2) is 6.61 Å². The van der Waals surface area contributed by atoms with Crippen LogP contribution in [0, 0.1) is 5.92 Å². The van der Waals surface area contributed by atoms with E-state index in [4.69, 9.17) is 16.2 Å². The van der Waals surface area contributed by atoms with Crippen molar-refractivity contribution in [3.05, 3.63) is 29.8 Å². The number of carbonyl (C=O) groups is 2. The smallest absolute Gasteiger partial charge is 0.255 e. The average molecular weight is 291 g/mol. The number of primary amides is 1. The van der Waals surface area contributed by atoms with Crippen molar-refractivity contribution in [1.82, 2.24) is 4.90 Å². The molecule has 0 aromatic heterocycles. The van der Waals surface area contributed by atoms with Crippen LogP contribution in [-0.4, -0.2) is 42.5 Å². The van der Waals surface area contributed by atoms with Crippen LogP contribution < -0.4 is 16.2 Å². The van der Waals surface area contributed by atoms with E-state index in [9.17, 15) is 9.59 Å². The molecule has 2 atom stereocenters. The summed E-state index contributed by atoms with van der Waals surface area (Å²) in [6.07, 6.45) is 0.946. The van der Waals surface area contributed by atoms with Crippen LogP contribution in [0.3, 0.4) is 0 Å². The van der Waals surface area contributed by atoms with Gasteiger partial charge in [0.2, 0.25) is 0 Å². The number of benzene rings is 1. The molecule has 1 aliphatic rings. The van der Waals surface area contributed by atoms with Crippen molar-refractivity contribution in [2.75, 3.05) is 19.7 Å². The number of hydrogen-bond donors (Lipinski definition) is 2. The molecule has 1 aromatic carbocycles. The minimum absolute atomic E-state index is 0.0000914. The number of rotatable bonds is 5. The molecule has 1 fully saturated rings.